The summed E-state index contributed by atoms with van der Waals surface area (Å²) in [4.78, 5) is 13.6. The van der Waals surface area contributed by atoms with Crippen molar-refractivity contribution in [2.75, 3.05) is 13.1 Å². The van der Waals surface area contributed by atoms with Crippen molar-refractivity contribution in [3.05, 3.63) is 35.1 Å². The first-order valence-electron chi connectivity index (χ1n) is 6.64. The molecule has 0 radical (unpaired) electrons. The normalized spacial score (nSPS) is 16.5. The Balaban J connectivity index is 1.95. The maximum absolute atomic E-state index is 13.5. The molecule has 110 valence electrons. The largest absolute Gasteiger partial charge is 0.343 e. The molecule has 1 aliphatic rings. The summed E-state index contributed by atoms with van der Waals surface area (Å²) in [6.45, 7) is 1.45. The van der Waals surface area contributed by atoms with Crippen LogP contribution in [0, 0.1) is 17.5 Å². The molecular formula is C14H17F3N2O. The smallest absolute Gasteiger partial charge is 0.224 e. The van der Waals surface area contributed by atoms with Crippen LogP contribution < -0.4 is 5.73 Å². The highest BCUT2D eigenvalue weighted by Crippen LogP contribution is 2.16. The van der Waals surface area contributed by atoms with Crippen LogP contribution >= 0.6 is 0 Å². The van der Waals surface area contributed by atoms with Crippen molar-refractivity contribution in [3.63, 3.8) is 0 Å². The molecule has 1 amide bonds. The van der Waals surface area contributed by atoms with Crippen LogP contribution in [-0.4, -0.2) is 29.9 Å². The molecule has 1 saturated heterocycles. The summed E-state index contributed by atoms with van der Waals surface area (Å²) < 4.78 is 39.3. The Labute approximate surface area is 115 Å². The maximum atomic E-state index is 13.5. The summed E-state index contributed by atoms with van der Waals surface area (Å²) in [5.74, 6) is -3.25. The van der Waals surface area contributed by atoms with E-state index >= 15 is 0 Å². The van der Waals surface area contributed by atoms with Crippen molar-refractivity contribution >= 4 is 5.91 Å². The number of carbonyl (C=O) groups is 1. The van der Waals surface area contributed by atoms with Crippen LogP contribution in [0.3, 0.4) is 0 Å². The van der Waals surface area contributed by atoms with E-state index in [-0.39, 0.29) is 24.3 Å². The first-order valence-corrected chi connectivity index (χ1v) is 6.64. The lowest BCUT2D eigenvalue weighted by Gasteiger charge is -2.18. The number of hydrogen-bond acceptors (Lipinski definition) is 2. The van der Waals surface area contributed by atoms with Crippen LogP contribution in [0.5, 0.6) is 0 Å². The van der Waals surface area contributed by atoms with E-state index < -0.39 is 23.5 Å². The number of nitrogens with two attached hydrogens (primary N) is 1. The molecule has 0 bridgehead atoms. The van der Waals surface area contributed by atoms with Crippen LogP contribution in [-0.2, 0) is 11.2 Å². The number of benzene rings is 1. The van der Waals surface area contributed by atoms with Gasteiger partial charge in [0.05, 0.1) is 0 Å². The lowest BCUT2D eigenvalue weighted by Crippen LogP contribution is -2.35. The van der Waals surface area contributed by atoms with Crippen LogP contribution in [0.25, 0.3) is 0 Å². The molecule has 0 saturated carbocycles. The zero-order valence-corrected chi connectivity index (χ0v) is 11.0. The lowest BCUT2D eigenvalue weighted by atomic mass is 10.0. The Bertz CT molecular complexity index is 501. The fraction of sp³-hybridized carbons (Fsp3) is 0.500. The third kappa shape index (κ3) is 3.50. The summed E-state index contributed by atoms with van der Waals surface area (Å²) in [6.07, 6.45) is 2.05. The first-order chi connectivity index (χ1) is 9.47. The molecule has 1 atom stereocenters. The minimum atomic E-state index is -1.23. The highest BCUT2D eigenvalue weighted by molar-refractivity contribution is 5.77. The molecular weight excluding hydrogens is 269 g/mol. The minimum Gasteiger partial charge on any atom is -0.343 e. The molecule has 1 aliphatic heterocycles. The standard InChI is InChI=1S/C14H17F3N2O/c15-11-8-13(17)12(16)6-9(11)5-10(18)7-14(20)19-3-1-2-4-19/h6,8,10H,1-5,7,18H2/t10-/m1/s1. The molecule has 20 heavy (non-hydrogen) atoms. The molecule has 2 rings (SSSR count). The number of rotatable bonds is 4. The summed E-state index contributed by atoms with van der Waals surface area (Å²) in [7, 11) is 0. The van der Waals surface area contributed by atoms with E-state index in [9.17, 15) is 18.0 Å². The summed E-state index contributed by atoms with van der Waals surface area (Å²) in [6, 6.07) is 0.687. The Morgan fingerprint density at radius 2 is 1.75 bits per heavy atom. The topological polar surface area (TPSA) is 46.3 Å². The van der Waals surface area contributed by atoms with Crippen LogP contribution in [0.1, 0.15) is 24.8 Å². The van der Waals surface area contributed by atoms with Crippen molar-refractivity contribution in [2.45, 2.75) is 31.7 Å². The molecule has 1 fully saturated rings. The molecule has 0 aromatic heterocycles. The van der Waals surface area contributed by atoms with Gasteiger partial charge in [0.1, 0.15) is 5.82 Å². The molecule has 0 unspecified atom stereocenters. The Morgan fingerprint density at radius 1 is 1.15 bits per heavy atom. The second kappa shape index (κ2) is 6.26. The van der Waals surface area contributed by atoms with E-state index in [1.807, 2.05) is 0 Å². The van der Waals surface area contributed by atoms with Gasteiger partial charge in [-0.15, -0.1) is 0 Å². The number of halogens is 3. The van der Waals surface area contributed by atoms with E-state index in [1.165, 1.54) is 0 Å². The van der Waals surface area contributed by atoms with Crippen LogP contribution in [0.15, 0.2) is 12.1 Å². The van der Waals surface area contributed by atoms with Crippen molar-refractivity contribution in [2.24, 2.45) is 5.73 Å². The fourth-order valence-electron chi connectivity index (χ4n) is 2.39. The molecule has 1 aromatic carbocycles. The summed E-state index contributed by atoms with van der Waals surface area (Å²) >= 11 is 0. The number of nitrogens with zero attached hydrogens (tertiary/aromatic N) is 1. The van der Waals surface area contributed by atoms with Crippen molar-refractivity contribution < 1.29 is 18.0 Å². The molecule has 1 aromatic rings. The van der Waals surface area contributed by atoms with Crippen molar-refractivity contribution in [1.82, 2.24) is 4.90 Å². The molecule has 2 N–H and O–H groups in total. The molecule has 3 nitrogen and oxygen atoms in total. The van der Waals surface area contributed by atoms with Gasteiger partial charge in [0.2, 0.25) is 5.91 Å². The van der Waals surface area contributed by atoms with Gasteiger partial charge in [-0.1, -0.05) is 0 Å². The van der Waals surface area contributed by atoms with E-state index in [4.69, 9.17) is 5.73 Å². The summed E-state index contributed by atoms with van der Waals surface area (Å²) in [5, 5.41) is 0. The average molecular weight is 286 g/mol. The second-order valence-electron chi connectivity index (χ2n) is 5.11. The monoisotopic (exact) mass is 286 g/mol. The van der Waals surface area contributed by atoms with Gasteiger partial charge >= 0.3 is 0 Å². The van der Waals surface area contributed by atoms with Gasteiger partial charge in [0.15, 0.2) is 11.6 Å². The molecule has 1 heterocycles. The average Bonchev–Trinajstić information content (AvgIpc) is 2.89. The first kappa shape index (κ1) is 14.8. The van der Waals surface area contributed by atoms with Gasteiger partial charge in [-0.05, 0) is 30.9 Å². The Morgan fingerprint density at radius 3 is 2.40 bits per heavy atom. The Hall–Kier alpha value is -1.56. The number of hydrogen-bond donors (Lipinski definition) is 1. The summed E-state index contributed by atoms with van der Waals surface area (Å²) in [5.41, 5.74) is 5.79. The quantitative estimate of drug-likeness (QED) is 0.860. The predicted octanol–water partition coefficient (Wildman–Crippen LogP) is 1.99. The Kier molecular flexibility index (Phi) is 4.65. The second-order valence-corrected chi connectivity index (χ2v) is 5.11. The molecule has 0 aliphatic carbocycles. The number of likely N-dealkylation sites (tertiary alicyclic amines) is 1. The van der Waals surface area contributed by atoms with Gasteiger partial charge in [0.25, 0.3) is 0 Å². The van der Waals surface area contributed by atoms with Crippen molar-refractivity contribution in [1.29, 1.82) is 0 Å². The van der Waals surface area contributed by atoms with Gasteiger partial charge < -0.3 is 10.6 Å². The lowest BCUT2D eigenvalue weighted by molar-refractivity contribution is -0.130. The zero-order valence-electron chi connectivity index (χ0n) is 11.0. The van der Waals surface area contributed by atoms with E-state index in [1.54, 1.807) is 4.90 Å². The van der Waals surface area contributed by atoms with E-state index in [0.29, 0.717) is 6.07 Å². The zero-order chi connectivity index (χ0) is 14.7. The maximum Gasteiger partial charge on any atom is 0.224 e. The predicted molar refractivity (Wildman–Crippen MR) is 68.4 cm³/mol. The van der Waals surface area contributed by atoms with Gasteiger partial charge in [-0.25, -0.2) is 13.2 Å². The van der Waals surface area contributed by atoms with Gasteiger partial charge in [-0.3, -0.25) is 4.79 Å². The highest BCUT2D eigenvalue weighted by Gasteiger charge is 2.21. The highest BCUT2D eigenvalue weighted by atomic mass is 19.2. The fourth-order valence-corrected chi connectivity index (χ4v) is 2.39. The number of carbonyl (C=O) groups excluding carboxylic acids is 1. The SMILES string of the molecule is N[C@@H](CC(=O)N1CCCC1)Cc1cc(F)c(F)cc1F. The third-order valence-electron chi connectivity index (χ3n) is 3.47. The molecule has 6 heteroatoms. The number of amides is 1. The molecule has 0 spiro atoms. The third-order valence-corrected chi connectivity index (χ3v) is 3.47. The minimum absolute atomic E-state index is 0.00259. The van der Waals surface area contributed by atoms with Crippen LogP contribution in [0.2, 0.25) is 0 Å². The van der Waals surface area contributed by atoms with E-state index in [2.05, 4.69) is 0 Å². The van der Waals surface area contributed by atoms with Crippen molar-refractivity contribution in [3.8, 4) is 0 Å². The van der Waals surface area contributed by atoms with Crippen LogP contribution in [0.4, 0.5) is 13.2 Å². The van der Waals surface area contributed by atoms with Gasteiger partial charge in [0, 0.05) is 31.6 Å². The van der Waals surface area contributed by atoms with E-state index in [0.717, 1.165) is 32.0 Å². The van der Waals surface area contributed by atoms with Gasteiger partial charge in [-0.2, -0.15) is 0 Å².